The van der Waals surface area contributed by atoms with Crippen molar-refractivity contribution in [1.82, 2.24) is 4.57 Å². The molecule has 2 aliphatic rings. The number of ether oxygens (including phenoxy) is 2. The van der Waals surface area contributed by atoms with E-state index in [2.05, 4.69) is 18.2 Å². The van der Waals surface area contributed by atoms with Crippen molar-refractivity contribution >= 4 is 23.1 Å². The molecule has 2 aromatic carbocycles. The van der Waals surface area contributed by atoms with E-state index in [9.17, 15) is 4.79 Å². The molecule has 6 nitrogen and oxygen atoms in total. The van der Waals surface area contributed by atoms with Crippen LogP contribution in [0.25, 0.3) is 11.8 Å². The summed E-state index contributed by atoms with van der Waals surface area (Å²) in [5.41, 5.74) is 5.25. The lowest BCUT2D eigenvalue weighted by molar-refractivity contribution is 0.348. The number of benzene rings is 2. The van der Waals surface area contributed by atoms with Gasteiger partial charge >= 0.3 is 0 Å². The Morgan fingerprint density at radius 1 is 1.06 bits per heavy atom. The molecule has 4 aromatic rings. The normalized spacial score (nSPS) is 16.9. The maximum Gasteiger partial charge on any atom is 0.271 e. The van der Waals surface area contributed by atoms with Crippen molar-refractivity contribution < 1.29 is 13.9 Å². The fourth-order valence-corrected chi connectivity index (χ4v) is 6.07. The van der Waals surface area contributed by atoms with Gasteiger partial charge in [0, 0.05) is 17.2 Å². The Balaban J connectivity index is 1.67. The van der Waals surface area contributed by atoms with Crippen molar-refractivity contribution in [3.8, 4) is 11.5 Å². The first-order valence-electron chi connectivity index (χ1n) is 11.5. The van der Waals surface area contributed by atoms with Crippen LogP contribution in [0.1, 0.15) is 40.7 Å². The average Bonchev–Trinajstić information content (AvgIpc) is 3.44. The molecule has 1 atom stereocenters. The Morgan fingerprint density at radius 2 is 1.91 bits per heavy atom. The van der Waals surface area contributed by atoms with E-state index in [1.54, 1.807) is 24.9 Å². The Labute approximate surface area is 206 Å². The van der Waals surface area contributed by atoms with Crippen LogP contribution in [0.2, 0.25) is 0 Å². The molecule has 1 unspecified atom stereocenters. The number of hydrogen-bond donors (Lipinski definition) is 0. The van der Waals surface area contributed by atoms with Crippen molar-refractivity contribution in [2.45, 2.75) is 25.8 Å². The molecule has 176 valence electrons. The predicted molar refractivity (Wildman–Crippen MR) is 136 cm³/mol. The molecule has 1 aliphatic carbocycles. The van der Waals surface area contributed by atoms with Crippen LogP contribution in [-0.2, 0) is 6.42 Å². The highest BCUT2D eigenvalue weighted by Crippen LogP contribution is 2.45. The Bertz CT molecular complexity index is 1670. The smallest absolute Gasteiger partial charge is 0.271 e. The molecule has 35 heavy (non-hydrogen) atoms. The Kier molecular flexibility index (Phi) is 5.22. The van der Waals surface area contributed by atoms with E-state index in [4.69, 9.17) is 18.9 Å². The Morgan fingerprint density at radius 3 is 2.69 bits per heavy atom. The highest BCUT2D eigenvalue weighted by molar-refractivity contribution is 7.07. The van der Waals surface area contributed by atoms with Crippen molar-refractivity contribution in [3.63, 3.8) is 0 Å². The highest BCUT2D eigenvalue weighted by Gasteiger charge is 2.34. The standard InChI is InChI=1S/C28H24N2O4S/c1-16-11-13-18(34-16)15-23-27(31)30-25(21-9-6-10-22(32-2)26(21)33-3)20-14-12-17-7-4-5-8-19(17)24(20)29-28(30)35-23/h4-11,13,15,25H,12,14H2,1-3H3. The number of methoxy groups -OCH3 is 2. The third-order valence-electron chi connectivity index (χ3n) is 6.64. The summed E-state index contributed by atoms with van der Waals surface area (Å²) >= 11 is 1.38. The molecule has 0 saturated heterocycles. The lowest BCUT2D eigenvalue weighted by atomic mass is 9.83. The molecule has 0 N–H and O–H groups in total. The number of hydrogen-bond acceptors (Lipinski definition) is 6. The van der Waals surface area contributed by atoms with E-state index in [1.807, 2.05) is 43.3 Å². The van der Waals surface area contributed by atoms with E-state index in [1.165, 1.54) is 16.9 Å². The second-order valence-electron chi connectivity index (χ2n) is 8.64. The number of aromatic nitrogens is 1. The molecular weight excluding hydrogens is 460 g/mol. The number of fused-ring (bicyclic) bond motifs is 3. The number of furan rings is 1. The van der Waals surface area contributed by atoms with Crippen molar-refractivity contribution in [3.05, 3.63) is 108 Å². The largest absolute Gasteiger partial charge is 0.493 e. The topological polar surface area (TPSA) is 66.0 Å². The molecule has 0 bridgehead atoms. The number of allylic oxidation sites excluding steroid dienone is 1. The molecular formula is C28H24N2O4S. The van der Waals surface area contributed by atoms with Gasteiger partial charge in [-0.15, -0.1) is 0 Å². The zero-order valence-electron chi connectivity index (χ0n) is 19.7. The minimum absolute atomic E-state index is 0.0944. The molecule has 0 saturated carbocycles. The number of aryl methyl sites for hydroxylation is 2. The maximum absolute atomic E-state index is 13.8. The molecule has 0 radical (unpaired) electrons. The van der Waals surface area contributed by atoms with Gasteiger partial charge in [0.15, 0.2) is 16.3 Å². The first kappa shape index (κ1) is 21.7. The van der Waals surface area contributed by atoms with Gasteiger partial charge < -0.3 is 13.9 Å². The lowest BCUT2D eigenvalue weighted by Gasteiger charge is -2.31. The SMILES string of the molecule is COc1cccc(C2C3=C(N=c4sc(=Cc5ccc(C)o5)c(=O)n42)c2ccccc2CC3)c1OC. The van der Waals surface area contributed by atoms with Crippen molar-refractivity contribution in [1.29, 1.82) is 0 Å². The van der Waals surface area contributed by atoms with E-state index >= 15 is 0 Å². The number of para-hydroxylation sites is 1. The summed E-state index contributed by atoms with van der Waals surface area (Å²) in [5, 5.41) is 0. The van der Waals surface area contributed by atoms with E-state index in [0.29, 0.717) is 26.6 Å². The second-order valence-corrected chi connectivity index (χ2v) is 9.65. The van der Waals surface area contributed by atoms with Gasteiger partial charge in [-0.2, -0.15) is 0 Å². The van der Waals surface area contributed by atoms with Crippen LogP contribution in [0.3, 0.4) is 0 Å². The lowest BCUT2D eigenvalue weighted by Crippen LogP contribution is -2.39. The molecule has 7 heteroatoms. The predicted octanol–water partition coefficient (Wildman–Crippen LogP) is 4.24. The van der Waals surface area contributed by atoms with Gasteiger partial charge in [-0.25, -0.2) is 4.99 Å². The van der Waals surface area contributed by atoms with Crippen LogP contribution in [0.15, 0.2) is 74.4 Å². The third-order valence-corrected chi connectivity index (χ3v) is 7.62. The van der Waals surface area contributed by atoms with E-state index < -0.39 is 0 Å². The summed E-state index contributed by atoms with van der Waals surface area (Å²) in [5.74, 6) is 2.71. The van der Waals surface area contributed by atoms with Gasteiger partial charge in [-0.1, -0.05) is 47.7 Å². The van der Waals surface area contributed by atoms with Crippen LogP contribution >= 0.6 is 11.3 Å². The zero-order chi connectivity index (χ0) is 24.1. The number of thiazole rings is 1. The maximum atomic E-state index is 13.8. The van der Waals surface area contributed by atoms with Crippen LogP contribution in [0.4, 0.5) is 0 Å². The number of nitrogens with zero attached hydrogens (tertiary/aromatic N) is 2. The monoisotopic (exact) mass is 484 g/mol. The van der Waals surface area contributed by atoms with Crippen LogP contribution in [-0.4, -0.2) is 18.8 Å². The molecule has 2 aromatic heterocycles. The summed E-state index contributed by atoms with van der Waals surface area (Å²) in [4.78, 5) is 19.5. The summed E-state index contributed by atoms with van der Waals surface area (Å²) < 4.78 is 19.5. The van der Waals surface area contributed by atoms with Crippen molar-refractivity contribution in [2.24, 2.45) is 4.99 Å². The van der Waals surface area contributed by atoms with Crippen LogP contribution < -0.4 is 24.4 Å². The molecule has 0 amide bonds. The van der Waals surface area contributed by atoms with Gasteiger partial charge in [0.1, 0.15) is 11.5 Å². The molecule has 6 rings (SSSR count). The van der Waals surface area contributed by atoms with Gasteiger partial charge in [-0.3, -0.25) is 9.36 Å². The molecule has 0 spiro atoms. The van der Waals surface area contributed by atoms with E-state index in [0.717, 1.165) is 41.0 Å². The molecule has 1 aliphatic heterocycles. The van der Waals surface area contributed by atoms with E-state index in [-0.39, 0.29) is 11.6 Å². The first-order chi connectivity index (χ1) is 17.1. The zero-order valence-corrected chi connectivity index (χ0v) is 20.5. The third kappa shape index (κ3) is 3.46. The summed E-state index contributed by atoms with van der Waals surface area (Å²) in [6.45, 7) is 1.89. The van der Waals surface area contributed by atoms with Gasteiger partial charge in [0.05, 0.1) is 30.5 Å². The quantitative estimate of drug-likeness (QED) is 0.435. The Hall–Kier alpha value is -3.84. The highest BCUT2D eigenvalue weighted by atomic mass is 32.1. The average molecular weight is 485 g/mol. The fourth-order valence-electron chi connectivity index (χ4n) is 5.09. The van der Waals surface area contributed by atoms with Crippen LogP contribution in [0, 0.1) is 6.92 Å². The summed E-state index contributed by atoms with van der Waals surface area (Å²) in [6.07, 6.45) is 3.50. The minimum Gasteiger partial charge on any atom is -0.493 e. The molecule has 0 fully saturated rings. The van der Waals surface area contributed by atoms with Gasteiger partial charge in [0.2, 0.25) is 0 Å². The second kappa shape index (κ2) is 8.43. The van der Waals surface area contributed by atoms with Crippen molar-refractivity contribution in [2.75, 3.05) is 14.2 Å². The molecule has 3 heterocycles. The van der Waals surface area contributed by atoms with Gasteiger partial charge in [-0.05, 0) is 49.1 Å². The first-order valence-corrected chi connectivity index (χ1v) is 12.3. The summed E-state index contributed by atoms with van der Waals surface area (Å²) in [7, 11) is 3.26. The van der Waals surface area contributed by atoms with Crippen LogP contribution in [0.5, 0.6) is 11.5 Å². The van der Waals surface area contributed by atoms with Gasteiger partial charge in [0.25, 0.3) is 5.56 Å². The minimum atomic E-state index is -0.347. The fraction of sp³-hybridized carbons (Fsp3) is 0.214. The summed E-state index contributed by atoms with van der Waals surface area (Å²) in [6, 6.07) is 17.6. The number of rotatable bonds is 4.